The van der Waals surface area contributed by atoms with Gasteiger partial charge in [0.05, 0.1) is 13.2 Å². The number of unbranched alkanes of at least 4 members (excludes halogenated alkanes) is 3. The highest BCUT2D eigenvalue weighted by Gasteiger charge is 2.43. The van der Waals surface area contributed by atoms with Crippen LogP contribution in [-0.4, -0.2) is 71.0 Å². The average molecular weight is 463 g/mol. The van der Waals surface area contributed by atoms with Crippen molar-refractivity contribution < 1.29 is 39.4 Å². The summed E-state index contributed by atoms with van der Waals surface area (Å²) >= 11 is 0. The van der Waals surface area contributed by atoms with E-state index in [0.29, 0.717) is 19.8 Å². The molecular weight excluding hydrogens is 428 g/mol. The first-order valence-electron chi connectivity index (χ1n) is 11.4. The van der Waals surface area contributed by atoms with Crippen LogP contribution in [0.15, 0.2) is 54.6 Å². The summed E-state index contributed by atoms with van der Waals surface area (Å²) in [4.78, 5) is 0. The van der Waals surface area contributed by atoms with Crippen LogP contribution >= 0.6 is 0 Å². The van der Waals surface area contributed by atoms with Gasteiger partial charge in [-0.3, -0.25) is 0 Å². The molecule has 0 radical (unpaired) electrons. The SMILES string of the molecule is OC[C@H]1O[C@@H](OCCCCCCOc2ccc(OCc3ccccc3)cc2)[C@H](O)[C@@H](O)[C@@H]1O. The van der Waals surface area contributed by atoms with Gasteiger partial charge >= 0.3 is 0 Å². The zero-order valence-corrected chi connectivity index (χ0v) is 18.7. The molecule has 0 spiro atoms. The second-order valence-corrected chi connectivity index (χ2v) is 8.08. The topological polar surface area (TPSA) is 118 Å². The van der Waals surface area contributed by atoms with Gasteiger partial charge in [-0.05, 0) is 49.1 Å². The molecule has 0 unspecified atom stereocenters. The normalized spacial score (nSPS) is 25.0. The molecule has 182 valence electrons. The number of rotatable bonds is 13. The Kier molecular flexibility index (Phi) is 10.4. The summed E-state index contributed by atoms with van der Waals surface area (Å²) in [5.74, 6) is 1.60. The second kappa shape index (κ2) is 13.5. The minimum absolute atomic E-state index is 0.341. The number of aliphatic hydroxyl groups is 4. The van der Waals surface area contributed by atoms with Crippen molar-refractivity contribution in [3.05, 3.63) is 60.2 Å². The van der Waals surface area contributed by atoms with Crippen LogP contribution in [0.5, 0.6) is 11.5 Å². The monoisotopic (exact) mass is 462 g/mol. The van der Waals surface area contributed by atoms with Crippen molar-refractivity contribution >= 4 is 0 Å². The minimum Gasteiger partial charge on any atom is -0.494 e. The van der Waals surface area contributed by atoms with Crippen LogP contribution in [0.4, 0.5) is 0 Å². The molecule has 1 aliphatic rings. The molecule has 0 saturated carbocycles. The third-order valence-electron chi connectivity index (χ3n) is 5.51. The maximum absolute atomic E-state index is 9.94. The Morgan fingerprint density at radius 2 is 1.33 bits per heavy atom. The molecule has 1 fully saturated rings. The van der Waals surface area contributed by atoms with Gasteiger partial charge in [-0.2, -0.15) is 0 Å². The van der Waals surface area contributed by atoms with Crippen LogP contribution < -0.4 is 9.47 Å². The van der Waals surface area contributed by atoms with E-state index in [4.69, 9.17) is 18.9 Å². The van der Waals surface area contributed by atoms with Crippen LogP contribution in [-0.2, 0) is 16.1 Å². The fraction of sp³-hybridized carbons (Fsp3) is 0.520. The number of benzene rings is 2. The lowest BCUT2D eigenvalue weighted by Gasteiger charge is -2.39. The summed E-state index contributed by atoms with van der Waals surface area (Å²) in [6, 6.07) is 17.6. The first-order chi connectivity index (χ1) is 16.1. The largest absolute Gasteiger partial charge is 0.494 e. The summed E-state index contributed by atoms with van der Waals surface area (Å²) < 4.78 is 22.3. The number of hydrogen-bond donors (Lipinski definition) is 4. The molecule has 4 N–H and O–H groups in total. The van der Waals surface area contributed by atoms with Crippen molar-refractivity contribution in [3.63, 3.8) is 0 Å². The van der Waals surface area contributed by atoms with E-state index in [-0.39, 0.29) is 0 Å². The maximum Gasteiger partial charge on any atom is 0.186 e. The maximum atomic E-state index is 9.94. The van der Waals surface area contributed by atoms with Crippen molar-refractivity contribution in [1.82, 2.24) is 0 Å². The number of hydrogen-bond acceptors (Lipinski definition) is 8. The Morgan fingerprint density at radius 1 is 0.697 bits per heavy atom. The predicted octanol–water partition coefficient (Wildman–Crippen LogP) is 2.02. The van der Waals surface area contributed by atoms with E-state index in [0.717, 1.165) is 42.7 Å². The summed E-state index contributed by atoms with van der Waals surface area (Å²) in [7, 11) is 0. The molecule has 8 heteroatoms. The summed E-state index contributed by atoms with van der Waals surface area (Å²) in [6.45, 7) is 1.02. The fourth-order valence-electron chi connectivity index (χ4n) is 3.53. The molecule has 8 nitrogen and oxygen atoms in total. The fourth-order valence-corrected chi connectivity index (χ4v) is 3.53. The van der Waals surface area contributed by atoms with E-state index in [2.05, 4.69) is 0 Å². The first-order valence-corrected chi connectivity index (χ1v) is 11.4. The summed E-state index contributed by atoms with van der Waals surface area (Å²) in [5.41, 5.74) is 1.12. The van der Waals surface area contributed by atoms with Gasteiger partial charge < -0.3 is 39.4 Å². The summed E-state index contributed by atoms with van der Waals surface area (Å²) in [5, 5.41) is 38.6. The molecular formula is C25H34O8. The lowest BCUT2D eigenvalue weighted by Crippen LogP contribution is -2.59. The highest BCUT2D eigenvalue weighted by Crippen LogP contribution is 2.22. The highest BCUT2D eigenvalue weighted by molar-refractivity contribution is 5.31. The van der Waals surface area contributed by atoms with E-state index in [1.54, 1.807) is 0 Å². The van der Waals surface area contributed by atoms with Crippen LogP contribution in [0.2, 0.25) is 0 Å². The van der Waals surface area contributed by atoms with Crippen molar-refractivity contribution in [2.75, 3.05) is 19.8 Å². The predicted molar refractivity (Wildman–Crippen MR) is 121 cm³/mol. The van der Waals surface area contributed by atoms with Crippen LogP contribution in [0.3, 0.4) is 0 Å². The third-order valence-corrected chi connectivity index (χ3v) is 5.51. The van der Waals surface area contributed by atoms with Gasteiger partial charge in [-0.25, -0.2) is 0 Å². The quantitative estimate of drug-likeness (QED) is 0.334. The van der Waals surface area contributed by atoms with E-state index >= 15 is 0 Å². The van der Waals surface area contributed by atoms with Gasteiger partial charge in [-0.1, -0.05) is 36.8 Å². The van der Waals surface area contributed by atoms with Gasteiger partial charge in [0.25, 0.3) is 0 Å². The molecule has 0 aliphatic carbocycles. The molecule has 2 aromatic carbocycles. The molecule has 1 aliphatic heterocycles. The molecule has 33 heavy (non-hydrogen) atoms. The lowest BCUT2D eigenvalue weighted by atomic mass is 9.99. The van der Waals surface area contributed by atoms with Crippen LogP contribution in [0.1, 0.15) is 31.2 Å². The lowest BCUT2D eigenvalue weighted by molar-refractivity contribution is -0.301. The van der Waals surface area contributed by atoms with Crippen molar-refractivity contribution in [1.29, 1.82) is 0 Å². The number of aliphatic hydroxyl groups excluding tert-OH is 4. The van der Waals surface area contributed by atoms with Gasteiger partial charge in [0.1, 0.15) is 42.5 Å². The molecule has 1 heterocycles. The summed E-state index contributed by atoms with van der Waals surface area (Å²) in [6.07, 6.45) is -2.65. The molecule has 0 amide bonds. The minimum atomic E-state index is -1.41. The average Bonchev–Trinajstić information content (AvgIpc) is 2.85. The first kappa shape index (κ1) is 25.4. The van der Waals surface area contributed by atoms with Crippen LogP contribution in [0, 0.1) is 0 Å². The van der Waals surface area contributed by atoms with Gasteiger partial charge in [0.15, 0.2) is 6.29 Å². The Balaban J connectivity index is 1.23. The Morgan fingerprint density at radius 3 is 2.00 bits per heavy atom. The van der Waals surface area contributed by atoms with Gasteiger partial charge in [-0.15, -0.1) is 0 Å². The Bertz CT molecular complexity index is 783. The standard InChI is InChI=1S/C25H34O8/c26-16-21-22(27)23(28)24(29)25(33-21)31-15-7-2-1-6-14-30-19-10-12-20(13-11-19)32-17-18-8-4-3-5-9-18/h3-5,8-13,21-29H,1-2,6-7,14-17H2/t21-,22-,23+,24-,25-/m1/s1. The smallest absolute Gasteiger partial charge is 0.186 e. The Labute approximate surface area is 194 Å². The van der Waals surface area contributed by atoms with Crippen molar-refractivity contribution in [2.45, 2.75) is 63.0 Å². The van der Waals surface area contributed by atoms with E-state index in [1.807, 2.05) is 54.6 Å². The highest BCUT2D eigenvalue weighted by atomic mass is 16.7. The molecule has 3 rings (SSSR count). The van der Waals surface area contributed by atoms with Crippen LogP contribution in [0.25, 0.3) is 0 Å². The van der Waals surface area contributed by atoms with Gasteiger partial charge in [0, 0.05) is 6.61 Å². The van der Waals surface area contributed by atoms with Crippen molar-refractivity contribution in [3.8, 4) is 11.5 Å². The molecule has 5 atom stereocenters. The zero-order valence-electron chi connectivity index (χ0n) is 18.7. The van der Waals surface area contributed by atoms with E-state index in [1.165, 1.54) is 0 Å². The van der Waals surface area contributed by atoms with Crippen molar-refractivity contribution in [2.24, 2.45) is 0 Å². The zero-order chi connectivity index (χ0) is 23.5. The molecule has 0 aromatic heterocycles. The number of ether oxygens (including phenoxy) is 4. The van der Waals surface area contributed by atoms with Gasteiger partial charge in [0.2, 0.25) is 0 Å². The molecule has 0 bridgehead atoms. The molecule has 1 saturated heterocycles. The molecule has 2 aromatic rings. The Hall–Kier alpha value is -2.20. The van der Waals surface area contributed by atoms with E-state index in [9.17, 15) is 20.4 Å². The second-order valence-electron chi connectivity index (χ2n) is 8.08. The van der Waals surface area contributed by atoms with E-state index < -0.39 is 37.3 Å². The third kappa shape index (κ3) is 7.96.